The summed E-state index contributed by atoms with van der Waals surface area (Å²) in [6.45, 7) is 9.62. The topological polar surface area (TPSA) is 110 Å². The molecule has 0 saturated heterocycles. The third-order valence-electron chi connectivity index (χ3n) is 5.16. The Balaban J connectivity index is 2.23. The van der Waals surface area contributed by atoms with E-state index in [0.717, 1.165) is 12.8 Å². The summed E-state index contributed by atoms with van der Waals surface area (Å²) in [6, 6.07) is 0. The SMILES string of the molecule is CC(C)(C)n1cc(CNC(=O)C2(N)CCCC2(C)C)c(=O)[nH]c1=O. The maximum atomic E-state index is 12.6. The van der Waals surface area contributed by atoms with E-state index in [0.29, 0.717) is 12.0 Å². The highest BCUT2D eigenvalue weighted by atomic mass is 16.2. The predicted molar refractivity (Wildman–Crippen MR) is 92.7 cm³/mol. The first-order valence-corrected chi connectivity index (χ1v) is 8.31. The molecule has 24 heavy (non-hydrogen) atoms. The lowest BCUT2D eigenvalue weighted by atomic mass is 9.75. The normalized spacial score (nSPS) is 23.2. The van der Waals surface area contributed by atoms with Gasteiger partial charge < -0.3 is 11.1 Å². The predicted octanol–water partition coefficient (Wildman–Crippen LogP) is 0.815. The van der Waals surface area contributed by atoms with Crippen molar-refractivity contribution in [3.8, 4) is 0 Å². The number of hydrogen-bond donors (Lipinski definition) is 3. The molecule has 1 fully saturated rings. The number of aromatic amines is 1. The van der Waals surface area contributed by atoms with Gasteiger partial charge in [0.2, 0.25) is 5.91 Å². The van der Waals surface area contributed by atoms with Crippen molar-refractivity contribution in [2.75, 3.05) is 0 Å². The molecule has 1 atom stereocenters. The van der Waals surface area contributed by atoms with E-state index in [1.165, 1.54) is 10.8 Å². The molecule has 0 bridgehead atoms. The monoisotopic (exact) mass is 336 g/mol. The summed E-state index contributed by atoms with van der Waals surface area (Å²) in [7, 11) is 0. The molecule has 7 nitrogen and oxygen atoms in total. The lowest BCUT2D eigenvalue weighted by Crippen LogP contribution is -2.60. The number of nitrogens with zero attached hydrogens (tertiary/aromatic N) is 1. The molecule has 2 rings (SSSR count). The van der Waals surface area contributed by atoms with Gasteiger partial charge in [0.25, 0.3) is 5.56 Å². The van der Waals surface area contributed by atoms with E-state index in [9.17, 15) is 14.4 Å². The van der Waals surface area contributed by atoms with Gasteiger partial charge in [-0.25, -0.2) is 4.79 Å². The van der Waals surface area contributed by atoms with E-state index >= 15 is 0 Å². The fraction of sp³-hybridized carbons (Fsp3) is 0.706. The van der Waals surface area contributed by atoms with E-state index in [-0.39, 0.29) is 17.9 Å². The zero-order valence-electron chi connectivity index (χ0n) is 15.2. The highest BCUT2D eigenvalue weighted by Crippen LogP contribution is 2.44. The molecule has 4 N–H and O–H groups in total. The Bertz CT molecular complexity index is 754. The minimum atomic E-state index is -0.932. The van der Waals surface area contributed by atoms with Crippen molar-refractivity contribution in [1.29, 1.82) is 0 Å². The smallest absolute Gasteiger partial charge is 0.328 e. The van der Waals surface area contributed by atoms with Crippen LogP contribution in [0.25, 0.3) is 0 Å². The quantitative estimate of drug-likeness (QED) is 0.759. The van der Waals surface area contributed by atoms with Crippen LogP contribution in [0.1, 0.15) is 59.4 Å². The summed E-state index contributed by atoms with van der Waals surface area (Å²) in [4.78, 5) is 38.8. The van der Waals surface area contributed by atoms with Crippen molar-refractivity contribution < 1.29 is 4.79 Å². The molecule has 0 aromatic carbocycles. The van der Waals surface area contributed by atoms with Crippen LogP contribution < -0.4 is 22.3 Å². The van der Waals surface area contributed by atoms with Gasteiger partial charge in [0.15, 0.2) is 0 Å². The van der Waals surface area contributed by atoms with Gasteiger partial charge in [0, 0.05) is 18.3 Å². The number of hydrogen-bond acceptors (Lipinski definition) is 4. The Kier molecular flexibility index (Phi) is 4.52. The molecule has 1 aromatic heterocycles. The summed E-state index contributed by atoms with van der Waals surface area (Å²) in [6.07, 6.45) is 3.94. The van der Waals surface area contributed by atoms with Gasteiger partial charge in [0.05, 0.1) is 5.56 Å². The Morgan fingerprint density at radius 1 is 1.33 bits per heavy atom. The van der Waals surface area contributed by atoms with Gasteiger partial charge in [-0.05, 0) is 39.0 Å². The minimum absolute atomic E-state index is 0.0412. The first-order chi connectivity index (χ1) is 10.9. The largest absolute Gasteiger partial charge is 0.350 e. The first kappa shape index (κ1) is 18.4. The van der Waals surface area contributed by atoms with Gasteiger partial charge in [-0.2, -0.15) is 0 Å². The number of rotatable bonds is 3. The van der Waals surface area contributed by atoms with Gasteiger partial charge >= 0.3 is 5.69 Å². The number of amides is 1. The summed E-state index contributed by atoms with van der Waals surface area (Å²) in [5.74, 6) is -0.252. The second kappa shape index (κ2) is 5.88. The van der Waals surface area contributed by atoms with Crippen LogP contribution in [-0.4, -0.2) is 21.0 Å². The Morgan fingerprint density at radius 2 is 1.96 bits per heavy atom. The van der Waals surface area contributed by atoms with Gasteiger partial charge in [-0.3, -0.25) is 19.1 Å². The summed E-state index contributed by atoms with van der Waals surface area (Å²) >= 11 is 0. The van der Waals surface area contributed by atoms with Gasteiger partial charge in [0.1, 0.15) is 5.54 Å². The fourth-order valence-corrected chi connectivity index (χ4v) is 3.26. The Labute approximate surface area is 141 Å². The molecule has 1 saturated carbocycles. The number of H-pyrrole nitrogens is 1. The molecular formula is C17H28N4O3. The van der Waals surface area contributed by atoms with Crippen molar-refractivity contribution >= 4 is 5.91 Å². The van der Waals surface area contributed by atoms with E-state index in [2.05, 4.69) is 10.3 Å². The number of carbonyl (C=O) groups is 1. The molecule has 1 heterocycles. The lowest BCUT2D eigenvalue weighted by molar-refractivity contribution is -0.129. The van der Waals surface area contributed by atoms with Crippen LogP contribution in [0.2, 0.25) is 0 Å². The zero-order chi connectivity index (χ0) is 18.3. The molecule has 1 aliphatic rings. The molecule has 0 radical (unpaired) electrons. The molecule has 1 aliphatic carbocycles. The maximum Gasteiger partial charge on any atom is 0.328 e. The molecule has 0 spiro atoms. The molecule has 1 amide bonds. The van der Waals surface area contributed by atoms with E-state index in [1.807, 2.05) is 34.6 Å². The number of carbonyl (C=O) groups excluding carboxylic acids is 1. The Morgan fingerprint density at radius 3 is 2.46 bits per heavy atom. The minimum Gasteiger partial charge on any atom is -0.350 e. The molecule has 1 aromatic rings. The van der Waals surface area contributed by atoms with Crippen molar-refractivity contribution in [2.24, 2.45) is 11.1 Å². The average Bonchev–Trinajstić information content (AvgIpc) is 2.71. The number of aromatic nitrogens is 2. The summed E-state index contributed by atoms with van der Waals surface area (Å²) < 4.78 is 1.45. The third-order valence-corrected chi connectivity index (χ3v) is 5.16. The van der Waals surface area contributed by atoms with Gasteiger partial charge in [-0.1, -0.05) is 20.3 Å². The molecule has 7 heteroatoms. The van der Waals surface area contributed by atoms with E-state index < -0.39 is 22.3 Å². The van der Waals surface area contributed by atoms with Crippen LogP contribution in [0.15, 0.2) is 15.8 Å². The lowest BCUT2D eigenvalue weighted by Gasteiger charge is -2.36. The van der Waals surface area contributed by atoms with Crippen LogP contribution >= 0.6 is 0 Å². The summed E-state index contributed by atoms with van der Waals surface area (Å²) in [5.41, 5.74) is 4.05. The van der Waals surface area contributed by atoms with E-state index in [4.69, 9.17) is 5.73 Å². The molecule has 134 valence electrons. The second-order valence-electron chi connectivity index (χ2n) is 8.35. The van der Waals surface area contributed by atoms with Crippen LogP contribution in [-0.2, 0) is 16.9 Å². The van der Waals surface area contributed by atoms with Crippen molar-refractivity contribution in [1.82, 2.24) is 14.9 Å². The highest BCUT2D eigenvalue weighted by molar-refractivity contribution is 5.87. The molecule has 1 unspecified atom stereocenters. The maximum absolute atomic E-state index is 12.6. The second-order valence-corrected chi connectivity index (χ2v) is 8.35. The van der Waals surface area contributed by atoms with Crippen LogP contribution in [0.3, 0.4) is 0 Å². The molecular weight excluding hydrogens is 308 g/mol. The van der Waals surface area contributed by atoms with Crippen LogP contribution in [0.5, 0.6) is 0 Å². The van der Waals surface area contributed by atoms with Gasteiger partial charge in [-0.15, -0.1) is 0 Å². The Hall–Kier alpha value is -1.89. The van der Waals surface area contributed by atoms with Crippen molar-refractivity contribution in [3.05, 3.63) is 32.6 Å². The molecule has 0 aliphatic heterocycles. The fourth-order valence-electron chi connectivity index (χ4n) is 3.26. The average molecular weight is 336 g/mol. The third kappa shape index (κ3) is 3.17. The first-order valence-electron chi connectivity index (χ1n) is 8.31. The number of nitrogens with one attached hydrogen (secondary N) is 2. The number of nitrogens with two attached hydrogens (primary N) is 1. The van der Waals surface area contributed by atoms with Crippen molar-refractivity contribution in [3.63, 3.8) is 0 Å². The van der Waals surface area contributed by atoms with Crippen molar-refractivity contribution in [2.45, 2.75) is 71.5 Å². The zero-order valence-corrected chi connectivity index (χ0v) is 15.2. The highest BCUT2D eigenvalue weighted by Gasteiger charge is 2.51. The van der Waals surface area contributed by atoms with Crippen LogP contribution in [0.4, 0.5) is 0 Å². The van der Waals surface area contributed by atoms with Crippen LogP contribution in [0, 0.1) is 5.41 Å². The standard InChI is InChI=1S/C17H28N4O3/c1-15(2,3)21-10-11(12(22)20-14(21)24)9-19-13(23)17(18)8-6-7-16(17,4)5/h10H,6-9,18H2,1-5H3,(H,19,23)(H,20,22,24). The summed E-state index contributed by atoms with van der Waals surface area (Å²) in [5, 5.41) is 2.78. The van der Waals surface area contributed by atoms with E-state index in [1.54, 1.807) is 0 Å².